The molecule has 2 aromatic rings. The average Bonchev–Trinajstić information content (AvgIpc) is 2.96. The normalized spacial score (nSPS) is 12.6. The lowest BCUT2D eigenvalue weighted by molar-refractivity contribution is 0.318. The van der Waals surface area contributed by atoms with Gasteiger partial charge in [0, 0.05) is 18.7 Å². The van der Waals surface area contributed by atoms with E-state index in [1.165, 1.54) is 5.56 Å². The van der Waals surface area contributed by atoms with E-state index in [2.05, 4.69) is 11.4 Å². The predicted octanol–water partition coefficient (Wildman–Crippen LogP) is 3.34. The van der Waals surface area contributed by atoms with E-state index in [0.717, 1.165) is 30.0 Å². The summed E-state index contributed by atoms with van der Waals surface area (Å²) in [7, 11) is 0. The number of aromatic hydroxyl groups is 1. The van der Waals surface area contributed by atoms with Gasteiger partial charge in [-0.25, -0.2) is 0 Å². The molecule has 2 aromatic carbocycles. The molecule has 21 heavy (non-hydrogen) atoms. The van der Waals surface area contributed by atoms with Crippen LogP contribution in [0.25, 0.3) is 0 Å². The maximum absolute atomic E-state index is 9.70. The third kappa shape index (κ3) is 3.05. The van der Waals surface area contributed by atoms with Crippen LogP contribution in [-0.4, -0.2) is 18.3 Å². The Morgan fingerprint density at radius 1 is 1.24 bits per heavy atom. The molecule has 3 rings (SSSR count). The maximum atomic E-state index is 9.70. The first-order chi connectivity index (χ1) is 10.3. The summed E-state index contributed by atoms with van der Waals surface area (Å²) in [5.41, 5.74) is 3.39. The molecule has 0 radical (unpaired) electrons. The van der Waals surface area contributed by atoms with Crippen molar-refractivity contribution in [1.82, 2.24) is 0 Å². The highest BCUT2D eigenvalue weighted by molar-refractivity contribution is 5.53. The van der Waals surface area contributed by atoms with Crippen molar-refractivity contribution < 1.29 is 14.6 Å². The molecular formula is C17H19NO3. The van der Waals surface area contributed by atoms with Crippen molar-refractivity contribution in [1.29, 1.82) is 0 Å². The zero-order chi connectivity index (χ0) is 14.7. The van der Waals surface area contributed by atoms with Gasteiger partial charge in [-0.15, -0.1) is 0 Å². The quantitative estimate of drug-likeness (QED) is 0.884. The number of rotatable bonds is 5. The summed E-state index contributed by atoms with van der Waals surface area (Å²) in [6.07, 6.45) is 0.971. The molecule has 0 spiro atoms. The fourth-order valence-electron chi connectivity index (χ4n) is 2.44. The minimum Gasteiger partial charge on any atom is -0.504 e. The van der Waals surface area contributed by atoms with Gasteiger partial charge in [-0.3, -0.25) is 0 Å². The van der Waals surface area contributed by atoms with Gasteiger partial charge >= 0.3 is 0 Å². The van der Waals surface area contributed by atoms with Gasteiger partial charge in [0.2, 0.25) is 0 Å². The lowest BCUT2D eigenvalue weighted by Crippen LogP contribution is -2.00. The molecule has 0 atom stereocenters. The number of fused-ring (bicyclic) bond motifs is 1. The Hall–Kier alpha value is -2.36. The number of benzene rings is 2. The largest absolute Gasteiger partial charge is 0.504 e. The first-order valence-electron chi connectivity index (χ1n) is 7.20. The second-order valence-electron chi connectivity index (χ2n) is 5.01. The molecule has 0 fully saturated rings. The zero-order valence-electron chi connectivity index (χ0n) is 12.1. The summed E-state index contributed by atoms with van der Waals surface area (Å²) in [6.45, 7) is 3.89. The molecule has 4 nitrogen and oxygen atoms in total. The van der Waals surface area contributed by atoms with E-state index in [4.69, 9.17) is 9.47 Å². The van der Waals surface area contributed by atoms with Crippen LogP contribution in [0.4, 0.5) is 5.69 Å². The highest BCUT2D eigenvalue weighted by Crippen LogP contribution is 2.29. The van der Waals surface area contributed by atoms with Crippen molar-refractivity contribution in [2.75, 3.05) is 18.5 Å². The van der Waals surface area contributed by atoms with E-state index >= 15 is 0 Å². The van der Waals surface area contributed by atoms with E-state index in [9.17, 15) is 5.11 Å². The Kier molecular flexibility index (Phi) is 3.86. The molecule has 4 heteroatoms. The van der Waals surface area contributed by atoms with Gasteiger partial charge in [0.15, 0.2) is 11.5 Å². The predicted molar refractivity (Wildman–Crippen MR) is 82.2 cm³/mol. The number of nitrogens with one attached hydrogen (secondary N) is 1. The van der Waals surface area contributed by atoms with Crippen LogP contribution in [0.15, 0.2) is 36.4 Å². The molecule has 2 N–H and O–H groups in total. The third-order valence-electron chi connectivity index (χ3n) is 3.51. The standard InChI is InChI=1S/C17H19NO3/c1-2-20-17-9-12(3-5-15(17)19)11-18-14-4-6-16-13(10-14)7-8-21-16/h3-6,9-10,18-19H,2,7-8,11H2,1H3. The number of ether oxygens (including phenoxy) is 2. The van der Waals surface area contributed by atoms with E-state index < -0.39 is 0 Å². The number of phenolic OH excluding ortho intramolecular Hbond substituents is 1. The van der Waals surface area contributed by atoms with Gasteiger partial charge < -0.3 is 19.9 Å². The van der Waals surface area contributed by atoms with Crippen molar-refractivity contribution in [3.63, 3.8) is 0 Å². The molecule has 0 aliphatic carbocycles. The van der Waals surface area contributed by atoms with Crippen molar-refractivity contribution in [2.45, 2.75) is 19.9 Å². The van der Waals surface area contributed by atoms with E-state index in [-0.39, 0.29) is 5.75 Å². The summed E-state index contributed by atoms with van der Waals surface area (Å²) in [5.74, 6) is 1.69. The number of anilines is 1. The second-order valence-corrected chi connectivity index (χ2v) is 5.01. The summed E-state index contributed by atoms with van der Waals surface area (Å²) in [5, 5.41) is 13.1. The summed E-state index contributed by atoms with van der Waals surface area (Å²) in [6, 6.07) is 11.6. The lowest BCUT2D eigenvalue weighted by Gasteiger charge is -2.11. The average molecular weight is 285 g/mol. The van der Waals surface area contributed by atoms with Gasteiger partial charge in [-0.1, -0.05) is 6.07 Å². The molecular weight excluding hydrogens is 266 g/mol. The Bertz CT molecular complexity index is 640. The molecule has 1 heterocycles. The zero-order valence-corrected chi connectivity index (χ0v) is 12.1. The molecule has 0 aromatic heterocycles. The Morgan fingerprint density at radius 2 is 2.14 bits per heavy atom. The van der Waals surface area contributed by atoms with Crippen molar-refractivity contribution in [3.8, 4) is 17.2 Å². The van der Waals surface area contributed by atoms with Crippen LogP contribution in [0.3, 0.4) is 0 Å². The summed E-state index contributed by atoms with van der Waals surface area (Å²) < 4.78 is 10.9. The van der Waals surface area contributed by atoms with Gasteiger partial charge in [-0.2, -0.15) is 0 Å². The Labute approximate surface area is 124 Å². The molecule has 0 saturated carbocycles. The van der Waals surface area contributed by atoms with E-state index in [1.54, 1.807) is 6.07 Å². The maximum Gasteiger partial charge on any atom is 0.161 e. The molecule has 0 saturated heterocycles. The van der Waals surface area contributed by atoms with Gasteiger partial charge in [0.05, 0.1) is 13.2 Å². The molecule has 0 amide bonds. The fraction of sp³-hybridized carbons (Fsp3) is 0.294. The smallest absolute Gasteiger partial charge is 0.161 e. The molecule has 0 unspecified atom stereocenters. The molecule has 110 valence electrons. The van der Waals surface area contributed by atoms with Crippen LogP contribution in [-0.2, 0) is 13.0 Å². The minimum atomic E-state index is 0.176. The number of hydrogen-bond donors (Lipinski definition) is 2. The fourth-order valence-corrected chi connectivity index (χ4v) is 2.44. The lowest BCUT2D eigenvalue weighted by atomic mass is 10.1. The monoisotopic (exact) mass is 285 g/mol. The Balaban J connectivity index is 1.68. The molecule has 0 bridgehead atoms. The van der Waals surface area contributed by atoms with E-state index in [0.29, 0.717) is 18.9 Å². The first kappa shape index (κ1) is 13.6. The highest BCUT2D eigenvalue weighted by atomic mass is 16.5. The van der Waals surface area contributed by atoms with Crippen LogP contribution in [0.2, 0.25) is 0 Å². The summed E-state index contributed by atoms with van der Waals surface area (Å²) in [4.78, 5) is 0. The van der Waals surface area contributed by atoms with Crippen molar-refractivity contribution >= 4 is 5.69 Å². The van der Waals surface area contributed by atoms with Crippen LogP contribution in [0.1, 0.15) is 18.1 Å². The number of hydrogen-bond acceptors (Lipinski definition) is 4. The van der Waals surface area contributed by atoms with Crippen LogP contribution < -0.4 is 14.8 Å². The summed E-state index contributed by atoms with van der Waals surface area (Å²) >= 11 is 0. The van der Waals surface area contributed by atoms with Gasteiger partial charge in [-0.05, 0) is 48.4 Å². The number of phenols is 1. The Morgan fingerprint density at radius 3 is 3.00 bits per heavy atom. The van der Waals surface area contributed by atoms with E-state index in [1.807, 2.05) is 31.2 Å². The van der Waals surface area contributed by atoms with Crippen LogP contribution >= 0.6 is 0 Å². The third-order valence-corrected chi connectivity index (χ3v) is 3.51. The van der Waals surface area contributed by atoms with Crippen molar-refractivity contribution in [3.05, 3.63) is 47.5 Å². The first-order valence-corrected chi connectivity index (χ1v) is 7.20. The van der Waals surface area contributed by atoms with Crippen LogP contribution in [0, 0.1) is 0 Å². The topological polar surface area (TPSA) is 50.7 Å². The van der Waals surface area contributed by atoms with Crippen molar-refractivity contribution in [2.24, 2.45) is 0 Å². The molecule has 1 aliphatic heterocycles. The second kappa shape index (κ2) is 5.95. The van der Waals surface area contributed by atoms with Gasteiger partial charge in [0.1, 0.15) is 5.75 Å². The van der Waals surface area contributed by atoms with Gasteiger partial charge in [0.25, 0.3) is 0 Å². The highest BCUT2D eigenvalue weighted by Gasteiger charge is 2.11. The SMILES string of the molecule is CCOc1cc(CNc2ccc3c(c2)CCO3)ccc1O. The minimum absolute atomic E-state index is 0.176. The van der Waals surface area contributed by atoms with Crippen LogP contribution in [0.5, 0.6) is 17.2 Å². The molecule has 1 aliphatic rings.